The smallest absolute Gasteiger partial charge is 0.0598 e. The molecule has 0 N–H and O–H groups in total. The van der Waals surface area contributed by atoms with Crippen molar-refractivity contribution >= 4 is 0 Å². The lowest BCUT2D eigenvalue weighted by Crippen LogP contribution is -2.19. The van der Waals surface area contributed by atoms with Crippen LogP contribution in [-0.2, 0) is 9.47 Å². The number of ether oxygens (including phenoxy) is 2. The normalized spacial score (nSPS) is 13.1. The predicted octanol–water partition coefficient (Wildman–Crippen LogP) is 4.57. The highest BCUT2D eigenvalue weighted by Gasteiger charge is 2.09. The average Bonchev–Trinajstić information content (AvgIpc) is 2.11. The van der Waals surface area contributed by atoms with Crippen molar-refractivity contribution < 1.29 is 9.47 Å². The van der Waals surface area contributed by atoms with Gasteiger partial charge in [0.25, 0.3) is 0 Å². The minimum atomic E-state index is 0.0144. The minimum absolute atomic E-state index is 0.0144. The Morgan fingerprint density at radius 3 is 1.12 bits per heavy atom. The fraction of sp³-hybridized carbons (Fsp3) is 1.00. The topological polar surface area (TPSA) is 18.5 Å². The Bertz CT molecular complexity index is 154. The molecule has 0 bridgehead atoms. The molecule has 0 aromatic carbocycles. The van der Waals surface area contributed by atoms with Crippen LogP contribution in [0.15, 0.2) is 0 Å². The van der Waals surface area contributed by atoms with Crippen LogP contribution in [-0.4, -0.2) is 24.4 Å². The predicted molar refractivity (Wildman–Crippen MR) is 74.5 cm³/mol. The van der Waals surface area contributed by atoms with Crippen molar-refractivity contribution in [2.24, 2.45) is 0 Å². The van der Waals surface area contributed by atoms with E-state index in [2.05, 4.69) is 41.5 Å². The van der Waals surface area contributed by atoms with Gasteiger partial charge in [0.05, 0.1) is 11.2 Å². The fourth-order valence-electron chi connectivity index (χ4n) is 1.49. The minimum Gasteiger partial charge on any atom is -0.376 e. The van der Waals surface area contributed by atoms with Gasteiger partial charge in [0, 0.05) is 13.2 Å². The molecule has 0 heterocycles. The van der Waals surface area contributed by atoms with Crippen LogP contribution in [0.1, 0.15) is 73.6 Å². The first-order chi connectivity index (χ1) is 7.71. The first-order valence-corrected chi connectivity index (χ1v) is 6.99. The molecule has 0 aromatic heterocycles. The summed E-state index contributed by atoms with van der Waals surface area (Å²) in [7, 11) is 0. The summed E-state index contributed by atoms with van der Waals surface area (Å²) in [4.78, 5) is 0. The third-order valence-electron chi connectivity index (χ3n) is 2.36. The molecule has 0 atom stereocenters. The first-order valence-electron chi connectivity index (χ1n) is 6.99. The van der Waals surface area contributed by atoms with E-state index < -0.39 is 0 Å². The van der Waals surface area contributed by atoms with Gasteiger partial charge in [0.2, 0.25) is 0 Å². The second kappa shape index (κ2) is 8.10. The summed E-state index contributed by atoms with van der Waals surface area (Å²) in [5.74, 6) is 0. The van der Waals surface area contributed by atoms with Crippen LogP contribution in [0.4, 0.5) is 0 Å². The summed E-state index contributed by atoms with van der Waals surface area (Å²) in [6, 6.07) is 0. The van der Waals surface area contributed by atoms with Crippen molar-refractivity contribution in [3.05, 3.63) is 0 Å². The largest absolute Gasteiger partial charge is 0.376 e. The summed E-state index contributed by atoms with van der Waals surface area (Å²) < 4.78 is 11.4. The van der Waals surface area contributed by atoms with Crippen molar-refractivity contribution in [2.45, 2.75) is 84.8 Å². The summed E-state index contributed by atoms with van der Waals surface area (Å²) in [5, 5.41) is 0. The van der Waals surface area contributed by atoms with E-state index >= 15 is 0 Å². The Morgan fingerprint density at radius 1 is 0.529 bits per heavy atom. The molecule has 0 rings (SSSR count). The number of rotatable bonds is 8. The van der Waals surface area contributed by atoms with E-state index in [1.165, 1.54) is 32.1 Å². The highest BCUT2D eigenvalue weighted by molar-refractivity contribution is 4.59. The Balaban J connectivity index is 3.15. The molecule has 2 nitrogen and oxygen atoms in total. The molecule has 17 heavy (non-hydrogen) atoms. The van der Waals surface area contributed by atoms with Crippen LogP contribution in [0.3, 0.4) is 0 Å². The third kappa shape index (κ3) is 15.9. The molecular weight excluding hydrogens is 212 g/mol. The van der Waals surface area contributed by atoms with Crippen LogP contribution < -0.4 is 0 Å². The Kier molecular flexibility index (Phi) is 8.06. The van der Waals surface area contributed by atoms with E-state index in [0.717, 1.165) is 13.2 Å². The van der Waals surface area contributed by atoms with Gasteiger partial charge in [-0.05, 0) is 54.4 Å². The summed E-state index contributed by atoms with van der Waals surface area (Å²) in [5.41, 5.74) is 0.0289. The van der Waals surface area contributed by atoms with E-state index in [4.69, 9.17) is 9.47 Å². The number of unbranched alkanes of at least 4 members (excludes halogenated alkanes) is 4. The van der Waals surface area contributed by atoms with Gasteiger partial charge >= 0.3 is 0 Å². The Morgan fingerprint density at radius 2 is 0.824 bits per heavy atom. The molecule has 0 saturated heterocycles. The van der Waals surface area contributed by atoms with Crippen LogP contribution in [0.2, 0.25) is 0 Å². The van der Waals surface area contributed by atoms with Crippen molar-refractivity contribution in [3.63, 3.8) is 0 Å². The third-order valence-corrected chi connectivity index (χ3v) is 2.36. The average molecular weight is 244 g/mol. The first kappa shape index (κ1) is 16.9. The molecule has 104 valence electrons. The van der Waals surface area contributed by atoms with E-state index in [-0.39, 0.29) is 11.2 Å². The van der Waals surface area contributed by atoms with Gasteiger partial charge in [-0.25, -0.2) is 0 Å². The van der Waals surface area contributed by atoms with Gasteiger partial charge in [-0.1, -0.05) is 19.3 Å². The van der Waals surface area contributed by atoms with Crippen molar-refractivity contribution in [1.29, 1.82) is 0 Å². The second-order valence-corrected chi connectivity index (χ2v) is 6.69. The molecule has 0 spiro atoms. The lowest BCUT2D eigenvalue weighted by atomic mass is 10.1. The zero-order chi connectivity index (χ0) is 13.4. The lowest BCUT2D eigenvalue weighted by molar-refractivity contribution is -0.00672. The van der Waals surface area contributed by atoms with E-state index in [0.29, 0.717) is 0 Å². The highest BCUT2D eigenvalue weighted by atomic mass is 16.5. The van der Waals surface area contributed by atoms with E-state index in [1.807, 2.05) is 0 Å². The van der Waals surface area contributed by atoms with Crippen molar-refractivity contribution in [2.75, 3.05) is 13.2 Å². The fourth-order valence-corrected chi connectivity index (χ4v) is 1.49. The molecule has 0 aliphatic rings. The van der Waals surface area contributed by atoms with E-state index in [1.54, 1.807) is 0 Å². The quantitative estimate of drug-likeness (QED) is 0.582. The SMILES string of the molecule is CC(C)(C)OCCCCCCCOC(C)(C)C. The maximum Gasteiger partial charge on any atom is 0.0598 e. The van der Waals surface area contributed by atoms with Crippen LogP contribution in [0.5, 0.6) is 0 Å². The maximum atomic E-state index is 5.68. The van der Waals surface area contributed by atoms with Gasteiger partial charge in [0.15, 0.2) is 0 Å². The number of hydrogen-bond acceptors (Lipinski definition) is 2. The Hall–Kier alpha value is -0.0800. The van der Waals surface area contributed by atoms with Gasteiger partial charge < -0.3 is 9.47 Å². The van der Waals surface area contributed by atoms with Crippen LogP contribution >= 0.6 is 0 Å². The molecule has 0 aliphatic carbocycles. The molecule has 0 aliphatic heterocycles. The molecule has 0 unspecified atom stereocenters. The second-order valence-electron chi connectivity index (χ2n) is 6.69. The summed E-state index contributed by atoms with van der Waals surface area (Å²) in [6.45, 7) is 14.4. The van der Waals surface area contributed by atoms with Gasteiger partial charge in [-0.3, -0.25) is 0 Å². The van der Waals surface area contributed by atoms with Crippen LogP contribution in [0.25, 0.3) is 0 Å². The van der Waals surface area contributed by atoms with Crippen LogP contribution in [0, 0.1) is 0 Å². The lowest BCUT2D eigenvalue weighted by Gasteiger charge is -2.19. The summed E-state index contributed by atoms with van der Waals surface area (Å²) in [6.07, 6.45) is 6.19. The van der Waals surface area contributed by atoms with Gasteiger partial charge in [-0.15, -0.1) is 0 Å². The molecule has 0 saturated carbocycles. The molecule has 0 fully saturated rings. The summed E-state index contributed by atoms with van der Waals surface area (Å²) >= 11 is 0. The zero-order valence-electron chi connectivity index (χ0n) is 12.8. The van der Waals surface area contributed by atoms with Crippen molar-refractivity contribution in [1.82, 2.24) is 0 Å². The zero-order valence-corrected chi connectivity index (χ0v) is 12.8. The molecule has 0 amide bonds. The van der Waals surface area contributed by atoms with Crippen molar-refractivity contribution in [3.8, 4) is 0 Å². The number of hydrogen-bond donors (Lipinski definition) is 0. The standard InChI is InChI=1S/C15H32O2/c1-14(2,3)16-12-10-8-7-9-11-13-17-15(4,5)6/h7-13H2,1-6H3. The van der Waals surface area contributed by atoms with Gasteiger partial charge in [0.1, 0.15) is 0 Å². The molecule has 0 aromatic rings. The van der Waals surface area contributed by atoms with E-state index in [9.17, 15) is 0 Å². The molecule has 2 heteroatoms. The Labute approximate surface area is 108 Å². The maximum absolute atomic E-state index is 5.68. The monoisotopic (exact) mass is 244 g/mol. The van der Waals surface area contributed by atoms with Gasteiger partial charge in [-0.2, -0.15) is 0 Å². The highest BCUT2D eigenvalue weighted by Crippen LogP contribution is 2.11. The molecule has 0 radical (unpaired) electrons. The molecular formula is C15H32O2.